The van der Waals surface area contributed by atoms with Crippen LogP contribution < -0.4 is 4.90 Å². The van der Waals surface area contributed by atoms with Crippen molar-refractivity contribution >= 4 is 5.82 Å². The molecular formula is C18H27N5. The molecule has 1 aromatic rings. The number of aryl methyl sites for hydroxylation is 1. The Bertz CT molecular complexity index is 590. The average molecular weight is 313 g/mol. The molecule has 0 spiro atoms. The maximum absolute atomic E-state index is 9.48. The Morgan fingerprint density at radius 2 is 1.65 bits per heavy atom. The van der Waals surface area contributed by atoms with Crippen LogP contribution in [0.3, 0.4) is 0 Å². The topological polar surface area (TPSA) is 56.1 Å². The third-order valence-electron chi connectivity index (χ3n) is 5.66. The fourth-order valence-electron chi connectivity index (χ4n) is 3.86. The standard InChI is InChI=1S/C18H27N5/c1-13-4-6-16(7-5-13)22-8-10-23(11-9-22)18-17(12-19)14(2)15(3)20-21-18/h13,16H,4-11H2,1-3H3. The Labute approximate surface area is 139 Å². The summed E-state index contributed by atoms with van der Waals surface area (Å²) >= 11 is 0. The van der Waals surface area contributed by atoms with E-state index in [9.17, 15) is 5.26 Å². The zero-order chi connectivity index (χ0) is 16.4. The number of piperazine rings is 1. The highest BCUT2D eigenvalue weighted by atomic mass is 15.3. The molecule has 1 saturated heterocycles. The van der Waals surface area contributed by atoms with Crippen molar-refractivity contribution in [3.8, 4) is 6.07 Å². The van der Waals surface area contributed by atoms with Crippen molar-refractivity contribution < 1.29 is 0 Å². The Balaban J connectivity index is 1.66. The summed E-state index contributed by atoms with van der Waals surface area (Å²) in [5, 5.41) is 18.0. The van der Waals surface area contributed by atoms with E-state index >= 15 is 0 Å². The number of hydrogen-bond acceptors (Lipinski definition) is 5. The van der Waals surface area contributed by atoms with E-state index in [2.05, 4.69) is 33.0 Å². The van der Waals surface area contributed by atoms with Crippen molar-refractivity contribution in [1.82, 2.24) is 15.1 Å². The average Bonchev–Trinajstić information content (AvgIpc) is 2.58. The van der Waals surface area contributed by atoms with E-state index in [0.29, 0.717) is 5.56 Å². The van der Waals surface area contributed by atoms with Crippen LogP contribution in [0.25, 0.3) is 0 Å². The van der Waals surface area contributed by atoms with Crippen molar-refractivity contribution in [3.63, 3.8) is 0 Å². The van der Waals surface area contributed by atoms with E-state index < -0.39 is 0 Å². The molecule has 1 aliphatic heterocycles. The van der Waals surface area contributed by atoms with Crippen molar-refractivity contribution in [2.75, 3.05) is 31.1 Å². The number of nitriles is 1. The third-order valence-corrected chi connectivity index (χ3v) is 5.66. The fourth-order valence-corrected chi connectivity index (χ4v) is 3.86. The second-order valence-electron chi connectivity index (χ2n) is 7.16. The molecule has 1 aliphatic carbocycles. The first kappa shape index (κ1) is 16.2. The minimum Gasteiger partial charge on any atom is -0.351 e. The van der Waals surface area contributed by atoms with Crippen LogP contribution in [0.1, 0.15) is 49.4 Å². The summed E-state index contributed by atoms with van der Waals surface area (Å²) in [5.41, 5.74) is 2.50. The van der Waals surface area contributed by atoms with Crippen LogP contribution in [0.4, 0.5) is 5.82 Å². The number of aromatic nitrogens is 2. The molecular weight excluding hydrogens is 286 g/mol. The van der Waals surface area contributed by atoms with Gasteiger partial charge in [-0.15, -0.1) is 5.10 Å². The van der Waals surface area contributed by atoms with E-state index in [0.717, 1.165) is 55.2 Å². The Morgan fingerprint density at radius 3 is 2.26 bits per heavy atom. The van der Waals surface area contributed by atoms with E-state index in [4.69, 9.17) is 0 Å². The smallest absolute Gasteiger partial charge is 0.169 e. The van der Waals surface area contributed by atoms with Gasteiger partial charge in [0.15, 0.2) is 5.82 Å². The highest BCUT2D eigenvalue weighted by Crippen LogP contribution is 2.29. The quantitative estimate of drug-likeness (QED) is 0.840. The van der Waals surface area contributed by atoms with Crippen molar-refractivity contribution in [3.05, 3.63) is 16.8 Å². The molecule has 2 fully saturated rings. The van der Waals surface area contributed by atoms with Crippen LogP contribution in [0.5, 0.6) is 0 Å². The zero-order valence-corrected chi connectivity index (χ0v) is 14.5. The van der Waals surface area contributed by atoms with E-state index in [1.165, 1.54) is 25.7 Å². The Kier molecular flexibility index (Phi) is 4.82. The Hall–Kier alpha value is -1.67. The first-order chi connectivity index (χ1) is 11.1. The van der Waals surface area contributed by atoms with Gasteiger partial charge in [-0.3, -0.25) is 4.90 Å². The molecule has 1 aromatic heterocycles. The second kappa shape index (κ2) is 6.84. The van der Waals surface area contributed by atoms with E-state index in [1.54, 1.807) is 0 Å². The largest absolute Gasteiger partial charge is 0.351 e. The van der Waals surface area contributed by atoms with Gasteiger partial charge >= 0.3 is 0 Å². The van der Waals surface area contributed by atoms with Crippen LogP contribution in [-0.4, -0.2) is 47.3 Å². The number of hydrogen-bond donors (Lipinski definition) is 0. The third kappa shape index (κ3) is 3.32. The molecule has 1 saturated carbocycles. The molecule has 0 amide bonds. The lowest BCUT2D eigenvalue weighted by Gasteiger charge is -2.42. The molecule has 124 valence electrons. The minimum absolute atomic E-state index is 0.692. The van der Waals surface area contributed by atoms with Gasteiger partial charge in [-0.05, 0) is 51.0 Å². The van der Waals surface area contributed by atoms with Crippen LogP contribution in [0.2, 0.25) is 0 Å². The molecule has 0 bridgehead atoms. The fraction of sp³-hybridized carbons (Fsp3) is 0.722. The van der Waals surface area contributed by atoms with E-state index in [-0.39, 0.29) is 0 Å². The lowest BCUT2D eigenvalue weighted by Crippen LogP contribution is -2.51. The summed E-state index contributed by atoms with van der Waals surface area (Å²) in [7, 11) is 0. The molecule has 0 atom stereocenters. The minimum atomic E-state index is 0.692. The SMILES string of the molecule is Cc1nnc(N2CCN(C3CCC(C)CC3)CC2)c(C#N)c1C. The molecule has 0 radical (unpaired) electrons. The highest BCUT2D eigenvalue weighted by Gasteiger charge is 2.28. The van der Waals surface area contributed by atoms with Crippen LogP contribution >= 0.6 is 0 Å². The van der Waals surface area contributed by atoms with Gasteiger partial charge < -0.3 is 4.90 Å². The summed E-state index contributed by atoms with van der Waals surface area (Å²) in [4.78, 5) is 4.88. The molecule has 5 heteroatoms. The first-order valence-corrected chi connectivity index (χ1v) is 8.83. The predicted molar refractivity (Wildman–Crippen MR) is 91.4 cm³/mol. The molecule has 2 aliphatic rings. The van der Waals surface area contributed by atoms with Crippen molar-refractivity contribution in [2.24, 2.45) is 5.92 Å². The number of anilines is 1. The molecule has 0 N–H and O–H groups in total. The number of rotatable bonds is 2. The van der Waals surface area contributed by atoms with Crippen molar-refractivity contribution in [2.45, 2.75) is 52.5 Å². The predicted octanol–water partition coefficient (Wildman–Crippen LogP) is 2.67. The van der Waals surface area contributed by atoms with Gasteiger partial charge in [0, 0.05) is 32.2 Å². The van der Waals surface area contributed by atoms with Gasteiger partial charge in [-0.2, -0.15) is 10.4 Å². The Morgan fingerprint density at radius 1 is 1.00 bits per heavy atom. The summed E-state index contributed by atoms with van der Waals surface area (Å²) in [6, 6.07) is 3.08. The highest BCUT2D eigenvalue weighted by molar-refractivity contribution is 5.57. The lowest BCUT2D eigenvalue weighted by atomic mass is 9.86. The summed E-state index contributed by atoms with van der Waals surface area (Å²) < 4.78 is 0. The number of nitrogens with zero attached hydrogens (tertiary/aromatic N) is 5. The summed E-state index contributed by atoms with van der Waals surface area (Å²) in [6.07, 6.45) is 5.42. The molecule has 0 aromatic carbocycles. The van der Waals surface area contributed by atoms with Gasteiger partial charge in [-0.1, -0.05) is 6.92 Å². The monoisotopic (exact) mass is 313 g/mol. The summed E-state index contributed by atoms with van der Waals surface area (Å²) in [6.45, 7) is 10.3. The second-order valence-corrected chi connectivity index (χ2v) is 7.16. The maximum atomic E-state index is 9.48. The van der Waals surface area contributed by atoms with Gasteiger partial charge in [0.1, 0.15) is 11.6 Å². The van der Waals surface area contributed by atoms with Gasteiger partial charge in [0.2, 0.25) is 0 Å². The van der Waals surface area contributed by atoms with Gasteiger partial charge in [0.25, 0.3) is 0 Å². The van der Waals surface area contributed by atoms with Crippen LogP contribution in [-0.2, 0) is 0 Å². The van der Waals surface area contributed by atoms with Gasteiger partial charge in [-0.25, -0.2) is 0 Å². The zero-order valence-electron chi connectivity index (χ0n) is 14.5. The normalized spacial score (nSPS) is 26.1. The maximum Gasteiger partial charge on any atom is 0.169 e. The molecule has 23 heavy (non-hydrogen) atoms. The summed E-state index contributed by atoms with van der Waals surface area (Å²) in [5.74, 6) is 1.67. The molecule has 0 unspecified atom stereocenters. The lowest BCUT2D eigenvalue weighted by molar-refractivity contribution is 0.132. The van der Waals surface area contributed by atoms with Gasteiger partial charge in [0.05, 0.1) is 5.69 Å². The van der Waals surface area contributed by atoms with Crippen LogP contribution in [0, 0.1) is 31.1 Å². The molecule has 5 nitrogen and oxygen atoms in total. The molecule has 2 heterocycles. The molecule has 3 rings (SSSR count). The first-order valence-electron chi connectivity index (χ1n) is 8.83. The van der Waals surface area contributed by atoms with Crippen LogP contribution in [0.15, 0.2) is 0 Å². The van der Waals surface area contributed by atoms with E-state index in [1.807, 2.05) is 13.8 Å². The van der Waals surface area contributed by atoms with Crippen molar-refractivity contribution in [1.29, 1.82) is 5.26 Å².